The van der Waals surface area contributed by atoms with Crippen molar-refractivity contribution in [3.8, 4) is 0 Å². The molecule has 3 aliphatic rings. The number of hydrogen-bond acceptors (Lipinski definition) is 4. The van der Waals surface area contributed by atoms with E-state index in [1.165, 1.54) is 17.0 Å². The predicted octanol–water partition coefficient (Wildman–Crippen LogP) is 4.56. The molecule has 0 aromatic carbocycles. The number of pyridine rings is 1. The zero-order valence-corrected chi connectivity index (χ0v) is 19.4. The minimum atomic E-state index is -4.54. The summed E-state index contributed by atoms with van der Waals surface area (Å²) in [5.74, 6) is 0.777. The van der Waals surface area contributed by atoms with E-state index in [4.69, 9.17) is 9.57 Å². The van der Waals surface area contributed by atoms with E-state index in [1.54, 1.807) is 0 Å². The van der Waals surface area contributed by atoms with Crippen molar-refractivity contribution in [3.05, 3.63) is 39.0 Å². The van der Waals surface area contributed by atoms with Gasteiger partial charge in [-0.1, -0.05) is 13.3 Å². The number of fused-ring (bicyclic) bond motifs is 1. The van der Waals surface area contributed by atoms with Crippen LogP contribution in [0.3, 0.4) is 0 Å². The number of nitrogens with zero attached hydrogens (tertiary/aromatic N) is 2. The van der Waals surface area contributed by atoms with Gasteiger partial charge in [-0.3, -0.25) is 8.97 Å². The van der Waals surface area contributed by atoms with Gasteiger partial charge in [-0.05, 0) is 59.5 Å². The first kappa shape index (κ1) is 22.4. The van der Waals surface area contributed by atoms with Crippen LogP contribution in [0.5, 0.6) is 0 Å². The lowest BCUT2D eigenvalue weighted by atomic mass is 9.63. The van der Waals surface area contributed by atoms with Crippen molar-refractivity contribution in [3.63, 3.8) is 0 Å². The summed E-state index contributed by atoms with van der Waals surface area (Å²) in [5, 5.41) is 0. The molecule has 5 rings (SSSR count). The predicted molar refractivity (Wildman–Crippen MR) is 115 cm³/mol. The Morgan fingerprint density at radius 2 is 2.06 bits per heavy atom. The molecule has 2 aromatic heterocycles. The number of hydroxylamine groups is 1. The highest BCUT2D eigenvalue weighted by Gasteiger charge is 2.49. The SMILES string of the molecule is CC1CONC1CC1(C2CCCC(n3cc4c(C(F)(F)F)cc(Br)cn4c3=O)C2)COC1. The maximum absolute atomic E-state index is 13.6. The Morgan fingerprint density at radius 3 is 2.69 bits per heavy atom. The number of aromatic nitrogens is 2. The Morgan fingerprint density at radius 1 is 1.28 bits per heavy atom. The molecule has 6 nitrogen and oxygen atoms in total. The van der Waals surface area contributed by atoms with E-state index in [0.29, 0.717) is 31.7 Å². The number of hydrogen-bond donors (Lipinski definition) is 1. The lowest BCUT2D eigenvalue weighted by Gasteiger charge is -2.51. The topological polar surface area (TPSA) is 56.9 Å². The molecule has 2 aliphatic heterocycles. The lowest BCUT2D eigenvalue weighted by molar-refractivity contribution is -0.165. The Kier molecular flexibility index (Phi) is 5.71. The summed E-state index contributed by atoms with van der Waals surface area (Å²) in [6, 6.07) is 1.18. The fraction of sp³-hybridized carbons (Fsp3) is 0.682. The maximum atomic E-state index is 13.6. The molecule has 0 amide bonds. The fourth-order valence-electron chi connectivity index (χ4n) is 5.72. The standard InChI is InChI=1S/C22H27BrF3N3O3/c1-13-10-32-27-18(13)7-21(11-31-12-21)14-3-2-4-16(5-14)28-9-19-17(22(24,25)26)6-15(23)8-29(19)20(28)30/h6,8-9,13-14,16,18,27H,2-5,7,10-12H2,1H3. The van der Waals surface area contributed by atoms with E-state index in [2.05, 4.69) is 28.3 Å². The van der Waals surface area contributed by atoms with Gasteiger partial charge in [0.2, 0.25) is 0 Å². The van der Waals surface area contributed by atoms with Crippen LogP contribution in [-0.2, 0) is 15.8 Å². The molecule has 3 fully saturated rings. The quantitative estimate of drug-likeness (QED) is 0.645. The largest absolute Gasteiger partial charge is 0.418 e. The van der Waals surface area contributed by atoms with Gasteiger partial charge in [0.1, 0.15) is 0 Å². The Hall–Kier alpha value is -1.36. The van der Waals surface area contributed by atoms with Crippen LogP contribution in [0.15, 0.2) is 27.7 Å². The first-order valence-electron chi connectivity index (χ1n) is 11.1. The van der Waals surface area contributed by atoms with Crippen LogP contribution in [0.1, 0.15) is 50.6 Å². The van der Waals surface area contributed by atoms with Gasteiger partial charge in [0, 0.05) is 34.4 Å². The minimum absolute atomic E-state index is 0.0290. The lowest BCUT2D eigenvalue weighted by Crippen LogP contribution is -2.53. The number of alkyl halides is 3. The first-order chi connectivity index (χ1) is 15.2. The first-order valence-corrected chi connectivity index (χ1v) is 11.9. The van der Waals surface area contributed by atoms with E-state index >= 15 is 0 Å². The van der Waals surface area contributed by atoms with Crippen molar-refractivity contribution in [2.45, 2.75) is 57.3 Å². The van der Waals surface area contributed by atoms with Gasteiger partial charge in [0.15, 0.2) is 0 Å². The summed E-state index contributed by atoms with van der Waals surface area (Å²) in [7, 11) is 0. The average Bonchev–Trinajstić information content (AvgIpc) is 3.26. The zero-order valence-electron chi connectivity index (χ0n) is 17.8. The molecule has 1 saturated carbocycles. The highest BCUT2D eigenvalue weighted by Crippen LogP contribution is 2.50. The average molecular weight is 518 g/mol. The van der Waals surface area contributed by atoms with Gasteiger partial charge in [-0.25, -0.2) is 4.79 Å². The van der Waals surface area contributed by atoms with Crippen LogP contribution in [-0.4, -0.2) is 34.8 Å². The third-order valence-electron chi connectivity index (χ3n) is 7.64. The number of halogens is 4. The highest BCUT2D eigenvalue weighted by molar-refractivity contribution is 9.10. The normalized spacial score (nSPS) is 30.5. The summed E-state index contributed by atoms with van der Waals surface area (Å²) in [4.78, 5) is 18.5. The summed E-state index contributed by atoms with van der Waals surface area (Å²) < 4.78 is 49.3. The van der Waals surface area contributed by atoms with Gasteiger partial charge in [0.05, 0.1) is 30.9 Å². The zero-order chi connectivity index (χ0) is 22.7. The Bertz CT molecular complexity index is 1060. The van der Waals surface area contributed by atoms with Crippen molar-refractivity contribution in [2.75, 3.05) is 19.8 Å². The molecule has 0 spiro atoms. The van der Waals surface area contributed by atoms with Crippen molar-refractivity contribution in [1.29, 1.82) is 0 Å². The molecule has 1 aliphatic carbocycles. The number of nitrogens with one attached hydrogen (secondary N) is 1. The smallest absolute Gasteiger partial charge is 0.380 e. The van der Waals surface area contributed by atoms with E-state index in [-0.39, 0.29) is 27.5 Å². The second kappa shape index (κ2) is 8.14. The van der Waals surface area contributed by atoms with Gasteiger partial charge < -0.3 is 9.57 Å². The van der Waals surface area contributed by atoms with Crippen molar-refractivity contribution in [1.82, 2.24) is 14.4 Å². The maximum Gasteiger partial charge on any atom is 0.418 e. The molecule has 4 heterocycles. The monoisotopic (exact) mass is 517 g/mol. The van der Waals surface area contributed by atoms with Crippen molar-refractivity contribution in [2.24, 2.45) is 17.3 Å². The van der Waals surface area contributed by atoms with E-state index < -0.39 is 17.4 Å². The summed E-state index contributed by atoms with van der Waals surface area (Å²) in [6.07, 6.45) is 2.76. The molecule has 32 heavy (non-hydrogen) atoms. The molecular formula is C22H27BrF3N3O3. The second-order valence-electron chi connectivity index (χ2n) is 9.73. The van der Waals surface area contributed by atoms with Gasteiger partial charge >= 0.3 is 11.9 Å². The summed E-state index contributed by atoms with van der Waals surface area (Å²) >= 11 is 3.12. The van der Waals surface area contributed by atoms with E-state index in [0.717, 1.165) is 42.6 Å². The fourth-order valence-corrected chi connectivity index (χ4v) is 6.15. The Labute approximate surface area is 192 Å². The van der Waals surface area contributed by atoms with Gasteiger partial charge in [0.25, 0.3) is 0 Å². The van der Waals surface area contributed by atoms with E-state index in [9.17, 15) is 18.0 Å². The van der Waals surface area contributed by atoms with Crippen LogP contribution in [0.25, 0.3) is 5.52 Å². The van der Waals surface area contributed by atoms with Crippen LogP contribution in [0.2, 0.25) is 0 Å². The third-order valence-corrected chi connectivity index (χ3v) is 8.08. The molecule has 10 heteroatoms. The van der Waals surface area contributed by atoms with Crippen LogP contribution in [0, 0.1) is 17.3 Å². The number of rotatable bonds is 4. The van der Waals surface area contributed by atoms with Gasteiger partial charge in [-0.2, -0.15) is 18.7 Å². The summed E-state index contributed by atoms with van der Waals surface area (Å²) in [6.45, 7) is 4.24. The van der Waals surface area contributed by atoms with Crippen molar-refractivity contribution < 1.29 is 22.7 Å². The van der Waals surface area contributed by atoms with E-state index in [1.807, 2.05) is 0 Å². The van der Waals surface area contributed by atoms with Crippen molar-refractivity contribution >= 4 is 21.4 Å². The molecule has 2 saturated heterocycles. The summed E-state index contributed by atoms with van der Waals surface area (Å²) in [5.41, 5.74) is 1.84. The van der Waals surface area contributed by atoms with Crippen LogP contribution in [0.4, 0.5) is 13.2 Å². The second-order valence-corrected chi connectivity index (χ2v) is 10.6. The molecule has 0 radical (unpaired) electrons. The number of ether oxygens (including phenoxy) is 1. The van der Waals surface area contributed by atoms with Crippen LogP contribution < -0.4 is 11.2 Å². The highest BCUT2D eigenvalue weighted by atomic mass is 79.9. The Balaban J connectivity index is 1.44. The molecule has 176 valence electrons. The third kappa shape index (κ3) is 3.82. The van der Waals surface area contributed by atoms with Gasteiger partial charge in [-0.15, -0.1) is 0 Å². The van der Waals surface area contributed by atoms with Crippen LogP contribution >= 0.6 is 15.9 Å². The molecule has 1 N–H and O–H groups in total. The molecular weight excluding hydrogens is 491 g/mol. The molecule has 4 unspecified atom stereocenters. The molecule has 2 aromatic rings. The molecule has 4 atom stereocenters. The molecule has 0 bridgehead atoms. The minimum Gasteiger partial charge on any atom is -0.380 e. The number of imidazole rings is 1.